The van der Waals surface area contributed by atoms with Crippen LogP contribution in [0.2, 0.25) is 0 Å². The Hall–Kier alpha value is -2.85. The second kappa shape index (κ2) is 4.86. The number of ketones is 3. The normalized spacial score (nSPS) is 15.5. The van der Waals surface area contributed by atoms with Crippen molar-refractivity contribution in [2.45, 2.75) is 5.60 Å². The van der Waals surface area contributed by atoms with Gasteiger partial charge in [0, 0.05) is 22.3 Å². The van der Waals surface area contributed by atoms with E-state index in [9.17, 15) is 19.5 Å². The minimum Gasteiger partial charge on any atom is -0.370 e. The molecule has 0 saturated carbocycles. The first-order valence-electron chi connectivity index (χ1n) is 6.68. The molecule has 3 rings (SSSR count). The molecule has 108 valence electrons. The third kappa shape index (κ3) is 1.78. The van der Waals surface area contributed by atoms with Crippen molar-refractivity contribution in [2.75, 3.05) is 0 Å². The highest BCUT2D eigenvalue weighted by atomic mass is 16.3. The van der Waals surface area contributed by atoms with Crippen molar-refractivity contribution in [1.82, 2.24) is 0 Å². The van der Waals surface area contributed by atoms with Crippen molar-refractivity contribution in [1.29, 1.82) is 0 Å². The summed E-state index contributed by atoms with van der Waals surface area (Å²) in [5.74, 6) is -2.23. The molecular formula is C18H12O4. The number of benzene rings is 2. The van der Waals surface area contributed by atoms with Gasteiger partial charge in [0.2, 0.25) is 17.2 Å². The number of hydrogen-bond donors (Lipinski definition) is 1. The van der Waals surface area contributed by atoms with Gasteiger partial charge in [-0.3, -0.25) is 14.4 Å². The van der Waals surface area contributed by atoms with Crippen LogP contribution in [0.4, 0.5) is 0 Å². The Bertz CT molecular complexity index is 783. The zero-order valence-corrected chi connectivity index (χ0v) is 11.6. The van der Waals surface area contributed by atoms with Crippen LogP contribution < -0.4 is 0 Å². The van der Waals surface area contributed by atoms with Gasteiger partial charge in [-0.15, -0.1) is 0 Å². The molecule has 0 fully saturated rings. The topological polar surface area (TPSA) is 71.4 Å². The van der Waals surface area contributed by atoms with Gasteiger partial charge in [0.15, 0.2) is 5.78 Å². The average Bonchev–Trinajstić information content (AvgIpc) is 2.77. The molecule has 2 aromatic carbocycles. The van der Waals surface area contributed by atoms with Gasteiger partial charge in [-0.25, -0.2) is 0 Å². The van der Waals surface area contributed by atoms with Crippen LogP contribution in [-0.4, -0.2) is 28.1 Å². The number of aliphatic hydroxyl groups is 1. The minimum absolute atomic E-state index is 0.108. The van der Waals surface area contributed by atoms with E-state index in [1.165, 1.54) is 24.3 Å². The molecule has 0 heterocycles. The first-order chi connectivity index (χ1) is 10.5. The maximum absolute atomic E-state index is 12.4. The number of Topliss-reactive ketones (excluding diaryl/α,β-unsaturated/α-hetero) is 3. The highest BCUT2D eigenvalue weighted by molar-refractivity contribution is 6.37. The fourth-order valence-corrected chi connectivity index (χ4v) is 2.57. The van der Waals surface area contributed by atoms with E-state index in [-0.39, 0.29) is 16.7 Å². The maximum Gasteiger partial charge on any atom is 0.219 e. The van der Waals surface area contributed by atoms with Crippen molar-refractivity contribution < 1.29 is 19.5 Å². The van der Waals surface area contributed by atoms with Crippen molar-refractivity contribution in [2.24, 2.45) is 0 Å². The number of hydrogen-bond acceptors (Lipinski definition) is 4. The van der Waals surface area contributed by atoms with Crippen LogP contribution in [0.15, 0.2) is 66.7 Å². The van der Waals surface area contributed by atoms with Gasteiger partial charge < -0.3 is 5.11 Å². The summed E-state index contributed by atoms with van der Waals surface area (Å²) in [6.45, 7) is 3.53. The third-order valence-electron chi connectivity index (χ3n) is 3.82. The second-order valence-electron chi connectivity index (χ2n) is 5.09. The molecule has 4 nitrogen and oxygen atoms in total. The fourth-order valence-electron chi connectivity index (χ4n) is 2.57. The molecule has 22 heavy (non-hydrogen) atoms. The number of fused-ring (bicyclic) bond motifs is 1. The second-order valence-corrected chi connectivity index (χ2v) is 5.09. The quantitative estimate of drug-likeness (QED) is 0.535. The highest BCUT2D eigenvalue weighted by Crippen LogP contribution is 2.35. The summed E-state index contributed by atoms with van der Waals surface area (Å²) in [7, 11) is 0. The van der Waals surface area contributed by atoms with Gasteiger partial charge in [0.1, 0.15) is 0 Å². The maximum atomic E-state index is 12.4. The standard InChI is InChI=1S/C18H12O4/c1-11(15(19)12-7-3-2-4-8-12)18(22)16(20)13-9-5-6-10-14(13)17(18)21/h2-10,22H,1H2. The molecule has 0 aliphatic heterocycles. The minimum atomic E-state index is -2.52. The van der Waals surface area contributed by atoms with Gasteiger partial charge in [0.05, 0.1) is 0 Å². The summed E-state index contributed by atoms with van der Waals surface area (Å²) in [5.41, 5.74) is -2.47. The molecular weight excluding hydrogens is 280 g/mol. The molecule has 0 unspecified atom stereocenters. The zero-order chi connectivity index (χ0) is 15.9. The molecule has 1 aliphatic carbocycles. The molecule has 0 amide bonds. The average molecular weight is 292 g/mol. The summed E-state index contributed by atoms with van der Waals surface area (Å²) >= 11 is 0. The Morgan fingerprint density at radius 1 is 0.864 bits per heavy atom. The summed E-state index contributed by atoms with van der Waals surface area (Å²) in [6, 6.07) is 14.2. The van der Waals surface area contributed by atoms with E-state index in [1.807, 2.05) is 0 Å². The highest BCUT2D eigenvalue weighted by Gasteiger charge is 2.55. The van der Waals surface area contributed by atoms with E-state index in [4.69, 9.17) is 0 Å². The summed E-state index contributed by atoms with van der Waals surface area (Å²) < 4.78 is 0. The largest absolute Gasteiger partial charge is 0.370 e. The van der Waals surface area contributed by atoms with Crippen LogP contribution in [-0.2, 0) is 0 Å². The molecule has 1 N–H and O–H groups in total. The van der Waals surface area contributed by atoms with Gasteiger partial charge in [-0.2, -0.15) is 0 Å². The van der Waals surface area contributed by atoms with Crippen LogP contribution in [0, 0.1) is 0 Å². The lowest BCUT2D eigenvalue weighted by atomic mass is 9.85. The molecule has 0 atom stereocenters. The molecule has 2 aromatic rings. The SMILES string of the molecule is C=C(C(=O)c1ccccc1)C1(O)C(=O)c2ccccc2C1=O. The predicted octanol–water partition coefficient (Wildman–Crippen LogP) is 2.24. The molecule has 0 spiro atoms. The molecule has 0 bridgehead atoms. The molecule has 0 saturated heterocycles. The van der Waals surface area contributed by atoms with Crippen molar-refractivity contribution in [3.05, 3.63) is 83.4 Å². The van der Waals surface area contributed by atoms with E-state index in [2.05, 4.69) is 6.58 Å². The van der Waals surface area contributed by atoms with Crippen LogP contribution >= 0.6 is 0 Å². The van der Waals surface area contributed by atoms with Gasteiger partial charge in [0.25, 0.3) is 0 Å². The predicted molar refractivity (Wildman–Crippen MR) is 80.0 cm³/mol. The van der Waals surface area contributed by atoms with E-state index < -0.39 is 28.5 Å². The van der Waals surface area contributed by atoms with Crippen molar-refractivity contribution in [3.63, 3.8) is 0 Å². The lowest BCUT2D eigenvalue weighted by Gasteiger charge is -2.20. The van der Waals surface area contributed by atoms with E-state index in [0.717, 1.165) is 0 Å². The van der Waals surface area contributed by atoms with Gasteiger partial charge >= 0.3 is 0 Å². The Morgan fingerprint density at radius 3 is 1.82 bits per heavy atom. The van der Waals surface area contributed by atoms with Crippen LogP contribution in [0.3, 0.4) is 0 Å². The first-order valence-corrected chi connectivity index (χ1v) is 6.68. The molecule has 0 aromatic heterocycles. The first kappa shape index (κ1) is 14.1. The molecule has 1 aliphatic rings. The van der Waals surface area contributed by atoms with E-state index >= 15 is 0 Å². The van der Waals surface area contributed by atoms with Gasteiger partial charge in [-0.05, 0) is 0 Å². The Morgan fingerprint density at radius 2 is 1.32 bits per heavy atom. The zero-order valence-electron chi connectivity index (χ0n) is 11.6. The smallest absolute Gasteiger partial charge is 0.219 e. The van der Waals surface area contributed by atoms with Crippen LogP contribution in [0.25, 0.3) is 0 Å². The number of rotatable bonds is 3. The summed E-state index contributed by atoms with van der Waals surface area (Å²) in [5, 5.41) is 10.6. The van der Waals surface area contributed by atoms with Gasteiger partial charge in [-0.1, -0.05) is 61.2 Å². The lowest BCUT2D eigenvalue weighted by molar-refractivity contribution is 0.0435. The van der Waals surface area contributed by atoms with E-state index in [0.29, 0.717) is 0 Å². The van der Waals surface area contributed by atoms with Crippen LogP contribution in [0.1, 0.15) is 31.1 Å². The lowest BCUT2D eigenvalue weighted by Crippen LogP contribution is -2.45. The Labute approximate surface area is 126 Å². The Balaban J connectivity index is 2.05. The number of carbonyl (C=O) groups excluding carboxylic acids is 3. The van der Waals surface area contributed by atoms with E-state index in [1.54, 1.807) is 30.3 Å². The number of carbonyl (C=O) groups is 3. The van der Waals surface area contributed by atoms with Crippen molar-refractivity contribution >= 4 is 17.3 Å². The van der Waals surface area contributed by atoms with Crippen molar-refractivity contribution in [3.8, 4) is 0 Å². The monoisotopic (exact) mass is 292 g/mol. The van der Waals surface area contributed by atoms with Crippen LogP contribution in [0.5, 0.6) is 0 Å². The molecule has 0 radical (unpaired) electrons. The summed E-state index contributed by atoms with van der Waals surface area (Å²) in [6.07, 6.45) is 0. The Kier molecular flexibility index (Phi) is 3.11. The third-order valence-corrected chi connectivity index (χ3v) is 3.82. The summed E-state index contributed by atoms with van der Waals surface area (Å²) in [4.78, 5) is 37.3. The molecule has 4 heteroatoms. The fraction of sp³-hybridized carbons (Fsp3) is 0.0556.